The largest absolute Gasteiger partial charge is 0.384 e. The fourth-order valence-corrected chi connectivity index (χ4v) is 2.65. The average Bonchev–Trinajstić information content (AvgIpc) is 2.38. The predicted octanol–water partition coefficient (Wildman–Crippen LogP) is 1.54. The lowest BCUT2D eigenvalue weighted by Gasteiger charge is -2.37. The van der Waals surface area contributed by atoms with Gasteiger partial charge in [0, 0.05) is 26.4 Å². The number of hydrogen-bond acceptors (Lipinski definition) is 4. The number of nitrogen functional groups attached to an aromatic ring is 1. The molecular weight excluding hydrogens is 240 g/mol. The van der Waals surface area contributed by atoms with E-state index >= 15 is 0 Å². The van der Waals surface area contributed by atoms with Gasteiger partial charge >= 0.3 is 0 Å². The van der Waals surface area contributed by atoms with E-state index in [0.717, 1.165) is 36.5 Å². The van der Waals surface area contributed by atoms with E-state index in [2.05, 4.69) is 16.8 Å². The molecule has 0 spiro atoms. The van der Waals surface area contributed by atoms with Crippen LogP contribution in [0.3, 0.4) is 0 Å². The summed E-state index contributed by atoms with van der Waals surface area (Å²) in [6.07, 6.45) is 3.04. The monoisotopic (exact) mass is 262 g/mol. The Bertz CT molecular complexity index is 475. The lowest BCUT2D eigenvalue weighted by Crippen LogP contribution is -2.45. The van der Waals surface area contributed by atoms with Crippen molar-refractivity contribution < 1.29 is 4.74 Å². The van der Waals surface area contributed by atoms with E-state index in [1.807, 2.05) is 13.0 Å². The average molecular weight is 262 g/mol. The molecule has 1 fully saturated rings. The number of ether oxygens (including phenoxy) is 1. The number of aryl methyl sites for hydroxylation is 1. The number of methoxy groups -OCH3 is 1. The minimum atomic E-state index is 0.0770. The zero-order valence-corrected chi connectivity index (χ0v) is 11.8. The minimum Gasteiger partial charge on any atom is -0.384 e. The molecule has 1 aliphatic heterocycles. The number of nitrogens with two attached hydrogens (primary N) is 1. The smallest absolute Gasteiger partial charge is 0.139 e. The van der Waals surface area contributed by atoms with Gasteiger partial charge in [-0.3, -0.25) is 5.41 Å². The number of rotatable bonds is 3. The first-order valence-corrected chi connectivity index (χ1v) is 6.62. The van der Waals surface area contributed by atoms with Crippen LogP contribution in [-0.2, 0) is 4.74 Å². The molecule has 2 heterocycles. The molecule has 2 atom stereocenters. The summed E-state index contributed by atoms with van der Waals surface area (Å²) in [5.74, 6) is 1.43. The second kappa shape index (κ2) is 5.57. The summed E-state index contributed by atoms with van der Waals surface area (Å²) in [6, 6.07) is 1.89. The SMILES string of the molecule is COC1CN(c2nccc(C)c2C(=N)N)CCC1C. The van der Waals surface area contributed by atoms with Crippen LogP contribution in [0.2, 0.25) is 0 Å². The summed E-state index contributed by atoms with van der Waals surface area (Å²) in [5, 5.41) is 7.75. The topological polar surface area (TPSA) is 75.2 Å². The third kappa shape index (κ3) is 2.71. The molecule has 0 saturated carbocycles. The molecule has 1 aromatic rings. The number of piperidine rings is 1. The lowest BCUT2D eigenvalue weighted by atomic mass is 9.95. The van der Waals surface area contributed by atoms with E-state index in [-0.39, 0.29) is 11.9 Å². The van der Waals surface area contributed by atoms with Crippen molar-refractivity contribution >= 4 is 11.7 Å². The Morgan fingerprint density at radius 2 is 2.32 bits per heavy atom. The highest BCUT2D eigenvalue weighted by Crippen LogP contribution is 2.27. The summed E-state index contributed by atoms with van der Waals surface area (Å²) in [5.41, 5.74) is 7.44. The van der Waals surface area contributed by atoms with Crippen molar-refractivity contribution in [2.75, 3.05) is 25.1 Å². The van der Waals surface area contributed by atoms with Crippen LogP contribution in [0.25, 0.3) is 0 Å². The standard InChI is InChI=1S/C14H22N4O/c1-9-5-7-18(8-11(9)19-3)14-12(13(15)16)10(2)4-6-17-14/h4,6,9,11H,5,7-8H2,1-3H3,(H3,15,16). The first-order valence-electron chi connectivity index (χ1n) is 6.62. The Balaban J connectivity index is 2.32. The molecule has 3 N–H and O–H groups in total. The Morgan fingerprint density at radius 1 is 1.58 bits per heavy atom. The van der Waals surface area contributed by atoms with E-state index in [0.29, 0.717) is 5.92 Å². The summed E-state index contributed by atoms with van der Waals surface area (Å²) in [6.45, 7) is 5.90. The fourth-order valence-electron chi connectivity index (χ4n) is 2.65. The van der Waals surface area contributed by atoms with E-state index < -0.39 is 0 Å². The van der Waals surface area contributed by atoms with Crippen LogP contribution in [-0.4, -0.2) is 37.1 Å². The van der Waals surface area contributed by atoms with Crippen molar-refractivity contribution in [1.82, 2.24) is 4.98 Å². The van der Waals surface area contributed by atoms with Crippen LogP contribution >= 0.6 is 0 Å². The molecule has 0 aromatic carbocycles. The van der Waals surface area contributed by atoms with Crippen LogP contribution in [0.5, 0.6) is 0 Å². The molecule has 5 nitrogen and oxygen atoms in total. The summed E-state index contributed by atoms with van der Waals surface area (Å²) < 4.78 is 5.53. The number of amidine groups is 1. The first-order chi connectivity index (χ1) is 9.04. The van der Waals surface area contributed by atoms with Gasteiger partial charge in [0.15, 0.2) is 0 Å². The van der Waals surface area contributed by atoms with Gasteiger partial charge in [-0.1, -0.05) is 6.92 Å². The maximum absolute atomic E-state index is 7.75. The number of hydrogen-bond donors (Lipinski definition) is 2. The molecule has 2 rings (SSSR count). The van der Waals surface area contributed by atoms with Gasteiger partial charge in [-0.15, -0.1) is 0 Å². The maximum Gasteiger partial charge on any atom is 0.139 e. The molecule has 2 unspecified atom stereocenters. The number of aromatic nitrogens is 1. The molecular formula is C14H22N4O. The normalized spacial score (nSPS) is 23.4. The second-order valence-electron chi connectivity index (χ2n) is 5.23. The summed E-state index contributed by atoms with van der Waals surface area (Å²) >= 11 is 0. The van der Waals surface area contributed by atoms with Crippen molar-refractivity contribution in [1.29, 1.82) is 5.41 Å². The lowest BCUT2D eigenvalue weighted by molar-refractivity contribution is 0.0496. The Hall–Kier alpha value is -1.62. The first kappa shape index (κ1) is 13.8. The third-order valence-corrected chi connectivity index (χ3v) is 3.90. The van der Waals surface area contributed by atoms with Crippen molar-refractivity contribution in [3.63, 3.8) is 0 Å². The van der Waals surface area contributed by atoms with Crippen LogP contribution in [0.1, 0.15) is 24.5 Å². The number of nitrogens with zero attached hydrogens (tertiary/aromatic N) is 2. The van der Waals surface area contributed by atoms with Crippen LogP contribution in [0.15, 0.2) is 12.3 Å². The molecule has 0 radical (unpaired) electrons. The third-order valence-electron chi connectivity index (χ3n) is 3.90. The highest BCUT2D eigenvalue weighted by atomic mass is 16.5. The minimum absolute atomic E-state index is 0.0770. The van der Waals surface area contributed by atoms with Crippen molar-refractivity contribution in [3.05, 3.63) is 23.4 Å². The molecule has 19 heavy (non-hydrogen) atoms. The van der Waals surface area contributed by atoms with Gasteiger partial charge in [-0.25, -0.2) is 4.98 Å². The van der Waals surface area contributed by atoms with Gasteiger partial charge in [0.25, 0.3) is 0 Å². The van der Waals surface area contributed by atoms with Crippen molar-refractivity contribution in [3.8, 4) is 0 Å². The van der Waals surface area contributed by atoms with Gasteiger partial charge < -0.3 is 15.4 Å². The zero-order valence-electron chi connectivity index (χ0n) is 11.8. The molecule has 1 saturated heterocycles. The highest BCUT2D eigenvalue weighted by molar-refractivity contribution is 6.01. The van der Waals surface area contributed by atoms with Crippen molar-refractivity contribution in [2.24, 2.45) is 11.7 Å². The highest BCUT2D eigenvalue weighted by Gasteiger charge is 2.28. The van der Waals surface area contributed by atoms with E-state index in [1.165, 1.54) is 0 Å². The van der Waals surface area contributed by atoms with Gasteiger partial charge in [-0.2, -0.15) is 0 Å². The van der Waals surface area contributed by atoms with E-state index in [4.69, 9.17) is 15.9 Å². The Kier molecular flexibility index (Phi) is 4.04. The molecule has 0 bridgehead atoms. The van der Waals surface area contributed by atoms with Crippen LogP contribution < -0.4 is 10.6 Å². The number of nitrogens with one attached hydrogen (secondary N) is 1. The molecule has 0 amide bonds. The molecule has 0 aliphatic carbocycles. The number of pyridine rings is 1. The van der Waals surface area contributed by atoms with Gasteiger partial charge in [-0.05, 0) is 30.9 Å². The van der Waals surface area contributed by atoms with E-state index in [1.54, 1.807) is 13.3 Å². The van der Waals surface area contributed by atoms with Gasteiger partial charge in [0.2, 0.25) is 0 Å². The Morgan fingerprint density at radius 3 is 2.95 bits per heavy atom. The maximum atomic E-state index is 7.75. The molecule has 104 valence electrons. The Labute approximate surface area is 114 Å². The van der Waals surface area contributed by atoms with Gasteiger partial charge in [0.05, 0.1) is 11.7 Å². The predicted molar refractivity (Wildman–Crippen MR) is 76.8 cm³/mol. The molecule has 1 aromatic heterocycles. The fraction of sp³-hybridized carbons (Fsp3) is 0.571. The van der Waals surface area contributed by atoms with Gasteiger partial charge in [0.1, 0.15) is 11.7 Å². The van der Waals surface area contributed by atoms with E-state index in [9.17, 15) is 0 Å². The quantitative estimate of drug-likeness (QED) is 0.640. The summed E-state index contributed by atoms with van der Waals surface area (Å²) in [4.78, 5) is 6.61. The zero-order chi connectivity index (χ0) is 14.0. The molecule has 1 aliphatic rings. The van der Waals surface area contributed by atoms with Crippen LogP contribution in [0.4, 0.5) is 5.82 Å². The summed E-state index contributed by atoms with van der Waals surface area (Å²) in [7, 11) is 1.75. The number of anilines is 1. The second-order valence-corrected chi connectivity index (χ2v) is 5.23. The van der Waals surface area contributed by atoms with Crippen LogP contribution in [0, 0.1) is 18.3 Å². The molecule has 5 heteroatoms. The van der Waals surface area contributed by atoms with Crippen molar-refractivity contribution in [2.45, 2.75) is 26.4 Å².